The molecule has 0 radical (unpaired) electrons. The summed E-state index contributed by atoms with van der Waals surface area (Å²) < 4.78 is 0. The van der Waals surface area contributed by atoms with Crippen LogP contribution in [0.15, 0.2) is 78.4 Å². The van der Waals surface area contributed by atoms with Gasteiger partial charge >= 0.3 is 0 Å². The van der Waals surface area contributed by atoms with Gasteiger partial charge < -0.3 is 10.0 Å². The standard InChI is InChI=1S/C24H29NO3/c1-7-21(19(5)27)13-17(3)24-12-10-9-11-23(24)16-25(14-18(4)26)15-22(8-2)20(6)28/h7-15,26H,2,16H2,1,3-6H3/b17-13+,18-14+,21-7+,22-15+. The van der Waals surface area contributed by atoms with Crippen molar-refractivity contribution < 1.29 is 14.7 Å². The average Bonchev–Trinajstić information content (AvgIpc) is 2.63. The maximum Gasteiger partial charge on any atom is 0.161 e. The molecule has 0 aliphatic heterocycles. The molecule has 0 aromatic heterocycles. The Labute approximate surface area is 167 Å². The van der Waals surface area contributed by atoms with Crippen molar-refractivity contribution in [3.05, 3.63) is 89.5 Å². The van der Waals surface area contributed by atoms with Crippen molar-refractivity contribution >= 4 is 17.1 Å². The summed E-state index contributed by atoms with van der Waals surface area (Å²) >= 11 is 0. The van der Waals surface area contributed by atoms with Crippen LogP contribution in [0.5, 0.6) is 0 Å². The van der Waals surface area contributed by atoms with Gasteiger partial charge in [-0.15, -0.1) is 0 Å². The van der Waals surface area contributed by atoms with Crippen molar-refractivity contribution in [1.29, 1.82) is 0 Å². The Hall–Kier alpha value is -3.14. The van der Waals surface area contributed by atoms with E-state index in [2.05, 4.69) is 6.58 Å². The van der Waals surface area contributed by atoms with E-state index >= 15 is 0 Å². The zero-order valence-corrected chi connectivity index (χ0v) is 17.3. The largest absolute Gasteiger partial charge is 0.511 e. The normalized spacial score (nSPS) is 13.3. The number of allylic oxidation sites excluding steroid dienone is 7. The zero-order valence-electron chi connectivity index (χ0n) is 17.3. The maximum atomic E-state index is 11.7. The molecule has 0 atom stereocenters. The van der Waals surface area contributed by atoms with Crippen molar-refractivity contribution in [2.75, 3.05) is 0 Å². The van der Waals surface area contributed by atoms with Crippen LogP contribution in [-0.2, 0) is 16.1 Å². The molecule has 4 nitrogen and oxygen atoms in total. The van der Waals surface area contributed by atoms with E-state index in [-0.39, 0.29) is 17.3 Å². The van der Waals surface area contributed by atoms with E-state index in [9.17, 15) is 14.7 Å². The fourth-order valence-electron chi connectivity index (χ4n) is 2.77. The summed E-state index contributed by atoms with van der Waals surface area (Å²) in [6.07, 6.45) is 8.40. The van der Waals surface area contributed by atoms with Crippen molar-refractivity contribution in [1.82, 2.24) is 4.90 Å². The van der Waals surface area contributed by atoms with Crippen LogP contribution in [0, 0.1) is 0 Å². The number of hydrogen-bond acceptors (Lipinski definition) is 4. The Morgan fingerprint density at radius 2 is 1.64 bits per heavy atom. The monoisotopic (exact) mass is 379 g/mol. The SMILES string of the molecule is C=C/C(=C\N(/C=C(\C)O)Cc1ccccc1/C(C)=C/C(=C\C)C(C)=O)C(C)=O. The average molecular weight is 380 g/mol. The van der Waals surface area contributed by atoms with E-state index < -0.39 is 0 Å². The fraction of sp³-hybridized carbons (Fsp3) is 0.250. The molecule has 0 heterocycles. The number of carbonyl (C=O) groups is 2. The summed E-state index contributed by atoms with van der Waals surface area (Å²) in [5, 5.41) is 9.74. The maximum absolute atomic E-state index is 11.7. The molecule has 148 valence electrons. The number of carbonyl (C=O) groups excluding carboxylic acids is 2. The molecule has 0 saturated carbocycles. The highest BCUT2D eigenvalue weighted by Crippen LogP contribution is 2.23. The van der Waals surface area contributed by atoms with Crippen LogP contribution in [0.3, 0.4) is 0 Å². The first kappa shape index (κ1) is 22.9. The topological polar surface area (TPSA) is 57.6 Å². The third kappa shape index (κ3) is 6.88. The van der Waals surface area contributed by atoms with Crippen molar-refractivity contribution in [2.45, 2.75) is 41.2 Å². The summed E-state index contributed by atoms with van der Waals surface area (Å²) in [5.74, 6) is 0.0353. The van der Waals surface area contributed by atoms with E-state index in [1.165, 1.54) is 13.0 Å². The lowest BCUT2D eigenvalue weighted by Crippen LogP contribution is -2.14. The molecule has 1 aromatic carbocycles. The Balaban J connectivity index is 3.38. The second kappa shape index (κ2) is 10.9. The van der Waals surface area contributed by atoms with E-state index in [0.29, 0.717) is 17.7 Å². The zero-order chi connectivity index (χ0) is 21.3. The molecule has 0 spiro atoms. The van der Waals surface area contributed by atoms with E-state index in [4.69, 9.17) is 0 Å². The van der Waals surface area contributed by atoms with Gasteiger partial charge in [0, 0.05) is 30.1 Å². The third-order valence-electron chi connectivity index (χ3n) is 4.17. The Morgan fingerprint density at radius 3 is 2.14 bits per heavy atom. The number of aliphatic hydroxyl groups is 1. The molecule has 0 aliphatic rings. The summed E-state index contributed by atoms with van der Waals surface area (Å²) in [5.41, 5.74) is 4.06. The van der Waals surface area contributed by atoms with Gasteiger partial charge in [0.15, 0.2) is 11.6 Å². The highest BCUT2D eigenvalue weighted by atomic mass is 16.3. The predicted octanol–water partition coefficient (Wildman–Crippen LogP) is 5.51. The molecule has 0 fully saturated rings. The van der Waals surface area contributed by atoms with Gasteiger partial charge in [-0.2, -0.15) is 0 Å². The molecule has 0 aliphatic carbocycles. The van der Waals surface area contributed by atoms with Gasteiger partial charge in [0.25, 0.3) is 0 Å². The van der Waals surface area contributed by atoms with E-state index in [0.717, 1.165) is 16.7 Å². The minimum Gasteiger partial charge on any atom is -0.511 e. The molecule has 0 unspecified atom stereocenters. The number of Topliss-reactive ketones (excluding diaryl/α,β-unsaturated/α-hetero) is 2. The first-order valence-corrected chi connectivity index (χ1v) is 9.11. The third-order valence-corrected chi connectivity index (χ3v) is 4.17. The molecule has 1 N–H and O–H groups in total. The lowest BCUT2D eigenvalue weighted by Gasteiger charge is -2.20. The van der Waals surface area contributed by atoms with Crippen molar-refractivity contribution in [3.63, 3.8) is 0 Å². The van der Waals surface area contributed by atoms with Gasteiger partial charge in [-0.1, -0.05) is 43.0 Å². The minimum absolute atomic E-state index is 0.0137. The number of benzene rings is 1. The van der Waals surface area contributed by atoms with Gasteiger partial charge in [0.2, 0.25) is 0 Å². The lowest BCUT2D eigenvalue weighted by atomic mass is 9.97. The highest BCUT2D eigenvalue weighted by molar-refractivity contribution is 5.98. The second-order valence-electron chi connectivity index (χ2n) is 6.57. The van der Waals surface area contributed by atoms with Crippen molar-refractivity contribution in [2.24, 2.45) is 0 Å². The van der Waals surface area contributed by atoms with Gasteiger partial charge in [0.05, 0.1) is 0 Å². The number of aliphatic hydroxyl groups excluding tert-OH is 1. The first-order chi connectivity index (χ1) is 13.2. The Kier molecular flexibility index (Phi) is 8.89. The summed E-state index contributed by atoms with van der Waals surface area (Å²) in [4.78, 5) is 25.2. The van der Waals surface area contributed by atoms with Crippen LogP contribution in [0.2, 0.25) is 0 Å². The molecule has 0 bridgehead atoms. The summed E-state index contributed by atoms with van der Waals surface area (Å²) in [6, 6.07) is 7.85. The van der Waals surface area contributed by atoms with Crippen LogP contribution >= 0.6 is 0 Å². The number of ketones is 2. The molecular formula is C24H29NO3. The van der Waals surface area contributed by atoms with Crippen LogP contribution in [0.4, 0.5) is 0 Å². The van der Waals surface area contributed by atoms with Gasteiger partial charge in [-0.05, 0) is 57.4 Å². The molecule has 4 heteroatoms. The van der Waals surface area contributed by atoms with Crippen molar-refractivity contribution in [3.8, 4) is 0 Å². The molecular weight excluding hydrogens is 350 g/mol. The van der Waals surface area contributed by atoms with Crippen LogP contribution in [0.1, 0.15) is 45.7 Å². The van der Waals surface area contributed by atoms with Gasteiger partial charge in [0.1, 0.15) is 5.76 Å². The van der Waals surface area contributed by atoms with Gasteiger partial charge in [-0.3, -0.25) is 9.59 Å². The molecule has 1 aromatic rings. The summed E-state index contributed by atoms with van der Waals surface area (Å²) in [7, 11) is 0. The fourth-order valence-corrected chi connectivity index (χ4v) is 2.77. The first-order valence-electron chi connectivity index (χ1n) is 9.11. The second-order valence-corrected chi connectivity index (χ2v) is 6.57. The van der Waals surface area contributed by atoms with Gasteiger partial charge in [-0.25, -0.2) is 0 Å². The summed E-state index contributed by atoms with van der Waals surface area (Å²) in [6.45, 7) is 12.5. The smallest absolute Gasteiger partial charge is 0.161 e. The Bertz CT molecular complexity index is 866. The van der Waals surface area contributed by atoms with Crippen LogP contribution < -0.4 is 0 Å². The molecule has 28 heavy (non-hydrogen) atoms. The molecule has 0 amide bonds. The number of hydrogen-bond donors (Lipinski definition) is 1. The molecule has 0 saturated heterocycles. The Morgan fingerprint density at radius 1 is 1.04 bits per heavy atom. The van der Waals surface area contributed by atoms with E-state index in [1.807, 2.05) is 44.2 Å². The van der Waals surface area contributed by atoms with Crippen LogP contribution in [-0.4, -0.2) is 21.6 Å². The molecule has 1 rings (SSSR count). The predicted molar refractivity (Wildman–Crippen MR) is 115 cm³/mol. The van der Waals surface area contributed by atoms with Crippen LogP contribution in [0.25, 0.3) is 5.57 Å². The minimum atomic E-state index is -0.104. The van der Waals surface area contributed by atoms with E-state index in [1.54, 1.807) is 37.2 Å². The number of rotatable bonds is 9. The highest BCUT2D eigenvalue weighted by Gasteiger charge is 2.10. The lowest BCUT2D eigenvalue weighted by molar-refractivity contribution is -0.114. The quantitative estimate of drug-likeness (QED) is 0.349. The number of nitrogens with zero attached hydrogens (tertiary/aromatic N) is 1.